The number of nitrogens with one attached hydrogen (secondary N) is 1. The monoisotopic (exact) mass is 379 g/mol. The minimum atomic E-state index is -0.144. The van der Waals surface area contributed by atoms with E-state index >= 15 is 0 Å². The molecule has 0 aliphatic carbocycles. The molecule has 124 valence electrons. The highest BCUT2D eigenvalue weighted by molar-refractivity contribution is 7.24. The molecule has 0 aliphatic heterocycles. The third-order valence-corrected chi connectivity index (χ3v) is 5.80. The van der Waals surface area contributed by atoms with Crippen molar-refractivity contribution in [1.29, 1.82) is 0 Å². The molecule has 0 saturated carbocycles. The first-order valence-electron chi connectivity index (χ1n) is 7.07. The van der Waals surface area contributed by atoms with Crippen LogP contribution in [0, 0.1) is 6.92 Å². The normalized spacial score (nSPS) is 10.6. The van der Waals surface area contributed by atoms with Crippen LogP contribution in [0.3, 0.4) is 0 Å². The number of halogens is 1. The van der Waals surface area contributed by atoms with Gasteiger partial charge < -0.3 is 10.1 Å². The van der Waals surface area contributed by atoms with Gasteiger partial charge in [-0.2, -0.15) is 0 Å². The first-order chi connectivity index (χ1) is 11.6. The van der Waals surface area contributed by atoms with E-state index in [0.29, 0.717) is 27.3 Å². The van der Waals surface area contributed by atoms with Crippen molar-refractivity contribution >= 4 is 40.2 Å². The zero-order chi connectivity index (χ0) is 17.1. The molecule has 3 heterocycles. The molecule has 0 atom stereocenters. The van der Waals surface area contributed by atoms with Gasteiger partial charge in [-0.15, -0.1) is 22.7 Å². The topological polar surface area (TPSA) is 64.1 Å². The zero-order valence-electron chi connectivity index (χ0n) is 13.0. The summed E-state index contributed by atoms with van der Waals surface area (Å²) in [5.74, 6) is 0.377. The highest BCUT2D eigenvalue weighted by atomic mass is 35.5. The fourth-order valence-electron chi connectivity index (χ4n) is 2.08. The molecule has 5 nitrogen and oxygen atoms in total. The van der Waals surface area contributed by atoms with Crippen LogP contribution in [0.5, 0.6) is 5.88 Å². The lowest BCUT2D eigenvalue weighted by Crippen LogP contribution is -2.22. The quantitative estimate of drug-likeness (QED) is 0.722. The van der Waals surface area contributed by atoms with Crippen LogP contribution >= 0.6 is 34.3 Å². The van der Waals surface area contributed by atoms with E-state index in [0.717, 1.165) is 15.4 Å². The van der Waals surface area contributed by atoms with E-state index in [2.05, 4.69) is 15.3 Å². The Balaban J connectivity index is 1.72. The average Bonchev–Trinajstić information content (AvgIpc) is 3.18. The number of carbonyl (C=O) groups excluding carboxylic acids is 1. The average molecular weight is 380 g/mol. The molecule has 0 radical (unpaired) electrons. The number of ether oxygens (including phenoxy) is 1. The Kier molecular flexibility index (Phi) is 5.13. The third kappa shape index (κ3) is 3.75. The summed E-state index contributed by atoms with van der Waals surface area (Å²) in [5, 5.41) is 3.71. The summed E-state index contributed by atoms with van der Waals surface area (Å²) in [6, 6.07) is 7.37. The predicted molar refractivity (Wildman–Crippen MR) is 97.1 cm³/mol. The van der Waals surface area contributed by atoms with Crippen molar-refractivity contribution < 1.29 is 9.53 Å². The number of aryl methyl sites for hydroxylation is 1. The minimum Gasteiger partial charge on any atom is -0.481 e. The number of pyridine rings is 1. The number of methoxy groups -OCH3 is 1. The summed E-state index contributed by atoms with van der Waals surface area (Å²) in [6.45, 7) is 2.23. The lowest BCUT2D eigenvalue weighted by Gasteiger charge is -2.05. The van der Waals surface area contributed by atoms with Gasteiger partial charge in [-0.3, -0.25) is 4.79 Å². The van der Waals surface area contributed by atoms with Gasteiger partial charge in [0.1, 0.15) is 9.88 Å². The Hall–Kier alpha value is -1.96. The fourth-order valence-corrected chi connectivity index (χ4v) is 4.16. The van der Waals surface area contributed by atoms with Crippen LogP contribution < -0.4 is 10.1 Å². The van der Waals surface area contributed by atoms with Crippen LogP contribution in [-0.4, -0.2) is 23.0 Å². The molecule has 0 saturated heterocycles. The van der Waals surface area contributed by atoms with Crippen LogP contribution in [0.2, 0.25) is 4.34 Å². The standard InChI is InChI=1S/C16H14ClN3O2S2/c1-9-14(24-16(20-9)11-3-4-12(17)23-11)15(21)19-8-10-5-6-18-13(7-10)22-2/h3-7H,8H2,1-2H3,(H,19,21). The summed E-state index contributed by atoms with van der Waals surface area (Å²) in [5.41, 5.74) is 1.63. The van der Waals surface area contributed by atoms with Crippen molar-refractivity contribution in [3.05, 3.63) is 50.9 Å². The van der Waals surface area contributed by atoms with E-state index in [1.54, 1.807) is 19.4 Å². The number of hydrogen-bond acceptors (Lipinski definition) is 6. The molecule has 0 aromatic carbocycles. The molecule has 8 heteroatoms. The second-order valence-electron chi connectivity index (χ2n) is 4.93. The highest BCUT2D eigenvalue weighted by Gasteiger charge is 2.17. The Bertz CT molecular complexity index is 876. The third-order valence-electron chi connectivity index (χ3n) is 3.25. The Labute approximate surface area is 152 Å². The summed E-state index contributed by atoms with van der Waals surface area (Å²) in [6.07, 6.45) is 1.65. The van der Waals surface area contributed by atoms with Crippen molar-refractivity contribution in [3.63, 3.8) is 0 Å². The van der Waals surface area contributed by atoms with E-state index in [9.17, 15) is 4.79 Å². The van der Waals surface area contributed by atoms with E-state index < -0.39 is 0 Å². The molecule has 3 rings (SSSR count). The van der Waals surface area contributed by atoms with Crippen molar-refractivity contribution in [2.24, 2.45) is 0 Å². The van der Waals surface area contributed by atoms with Crippen LogP contribution in [0.25, 0.3) is 9.88 Å². The predicted octanol–water partition coefficient (Wildman–Crippen LogP) is 4.17. The molecule has 0 aliphatic rings. The smallest absolute Gasteiger partial charge is 0.263 e. The largest absolute Gasteiger partial charge is 0.481 e. The molecule has 0 fully saturated rings. The highest BCUT2D eigenvalue weighted by Crippen LogP contribution is 2.34. The molecule has 1 amide bonds. The second kappa shape index (κ2) is 7.29. The number of aromatic nitrogens is 2. The van der Waals surface area contributed by atoms with Crippen molar-refractivity contribution in [3.8, 4) is 15.8 Å². The number of nitrogens with zero attached hydrogens (tertiary/aromatic N) is 2. The van der Waals surface area contributed by atoms with Gasteiger partial charge in [0.15, 0.2) is 0 Å². The van der Waals surface area contributed by atoms with Crippen molar-refractivity contribution in [1.82, 2.24) is 15.3 Å². The van der Waals surface area contributed by atoms with E-state index in [1.165, 1.54) is 22.7 Å². The van der Waals surface area contributed by atoms with Gasteiger partial charge in [-0.1, -0.05) is 11.6 Å². The van der Waals surface area contributed by atoms with Gasteiger partial charge in [0.2, 0.25) is 5.88 Å². The Morgan fingerprint density at radius 1 is 1.33 bits per heavy atom. The number of rotatable bonds is 5. The minimum absolute atomic E-state index is 0.144. The SMILES string of the molecule is COc1cc(CNC(=O)c2sc(-c3ccc(Cl)s3)nc2C)ccn1. The van der Waals surface area contributed by atoms with E-state index in [-0.39, 0.29) is 5.91 Å². The molecule has 3 aromatic rings. The summed E-state index contributed by atoms with van der Waals surface area (Å²) >= 11 is 8.78. The van der Waals surface area contributed by atoms with Crippen molar-refractivity contribution in [2.45, 2.75) is 13.5 Å². The van der Waals surface area contributed by atoms with Gasteiger partial charge >= 0.3 is 0 Å². The lowest BCUT2D eigenvalue weighted by atomic mass is 10.2. The molecular formula is C16H14ClN3O2S2. The number of amides is 1. The van der Waals surface area contributed by atoms with Crippen LogP contribution in [0.4, 0.5) is 0 Å². The maximum atomic E-state index is 12.4. The molecule has 0 bridgehead atoms. The Morgan fingerprint density at radius 3 is 2.88 bits per heavy atom. The van der Waals surface area contributed by atoms with Gasteiger partial charge in [0.25, 0.3) is 5.91 Å². The first kappa shape index (κ1) is 16.9. The molecule has 0 unspecified atom stereocenters. The summed E-state index contributed by atoms with van der Waals surface area (Å²) in [7, 11) is 1.56. The fraction of sp³-hybridized carbons (Fsp3) is 0.188. The summed E-state index contributed by atoms with van der Waals surface area (Å²) in [4.78, 5) is 22.5. The second-order valence-corrected chi connectivity index (χ2v) is 7.64. The van der Waals surface area contributed by atoms with Gasteiger partial charge in [-0.25, -0.2) is 9.97 Å². The number of carbonyl (C=O) groups is 1. The lowest BCUT2D eigenvalue weighted by molar-refractivity contribution is 0.0954. The van der Waals surface area contributed by atoms with Gasteiger partial charge in [-0.05, 0) is 30.7 Å². The Morgan fingerprint density at radius 2 is 2.17 bits per heavy atom. The maximum Gasteiger partial charge on any atom is 0.263 e. The first-order valence-corrected chi connectivity index (χ1v) is 9.08. The molecule has 24 heavy (non-hydrogen) atoms. The van der Waals surface area contributed by atoms with Gasteiger partial charge in [0, 0.05) is 18.8 Å². The zero-order valence-corrected chi connectivity index (χ0v) is 15.4. The molecular weight excluding hydrogens is 366 g/mol. The molecule has 1 N–H and O–H groups in total. The number of hydrogen-bond donors (Lipinski definition) is 1. The van der Waals surface area contributed by atoms with E-state index in [4.69, 9.17) is 16.3 Å². The summed E-state index contributed by atoms with van der Waals surface area (Å²) < 4.78 is 5.78. The maximum absolute atomic E-state index is 12.4. The molecule has 3 aromatic heterocycles. The van der Waals surface area contributed by atoms with E-state index in [1.807, 2.05) is 25.1 Å². The van der Waals surface area contributed by atoms with Crippen LogP contribution in [-0.2, 0) is 6.54 Å². The van der Waals surface area contributed by atoms with Crippen molar-refractivity contribution in [2.75, 3.05) is 7.11 Å². The number of thiazole rings is 1. The van der Waals surface area contributed by atoms with Crippen LogP contribution in [0.1, 0.15) is 20.9 Å². The number of thiophene rings is 1. The van der Waals surface area contributed by atoms with Gasteiger partial charge in [0.05, 0.1) is 22.0 Å². The molecule has 0 spiro atoms. The van der Waals surface area contributed by atoms with Crippen LogP contribution in [0.15, 0.2) is 30.5 Å².